The van der Waals surface area contributed by atoms with Gasteiger partial charge in [-0.25, -0.2) is 4.68 Å². The molecule has 0 aliphatic heterocycles. The van der Waals surface area contributed by atoms with Crippen molar-refractivity contribution in [2.45, 2.75) is 13.2 Å². The van der Waals surface area contributed by atoms with E-state index in [1.54, 1.807) is 7.11 Å². The monoisotopic (exact) mass is 354 g/mol. The van der Waals surface area contributed by atoms with Crippen LogP contribution in [0.2, 0.25) is 0 Å². The fourth-order valence-corrected chi connectivity index (χ4v) is 2.92. The third-order valence-corrected chi connectivity index (χ3v) is 4.54. The Hall–Kier alpha value is -2.44. The van der Waals surface area contributed by atoms with E-state index in [0.29, 0.717) is 11.4 Å². The number of ether oxygens (including phenoxy) is 1. The molecule has 0 N–H and O–H groups in total. The molecule has 2 aromatic carbocycles. The average molecular weight is 354 g/mol. The molecule has 0 saturated heterocycles. The van der Waals surface area contributed by atoms with E-state index in [0.717, 1.165) is 23.7 Å². The molecule has 6 heteroatoms. The number of rotatable bonds is 6. The summed E-state index contributed by atoms with van der Waals surface area (Å²) >= 11 is 5.55. The standard InChI is InChI=1S/C19H22N4OS/c1-21(13-15-9-11-17(24-3)12-10-15)14-23-19(25)22(2)18(20-23)16-7-5-4-6-8-16/h4-12H,13-14H2,1-3H3. The highest BCUT2D eigenvalue weighted by molar-refractivity contribution is 7.71. The molecule has 5 nitrogen and oxygen atoms in total. The molecule has 3 rings (SSSR count). The van der Waals surface area contributed by atoms with Gasteiger partial charge in [-0.3, -0.25) is 4.90 Å². The molecule has 0 spiro atoms. The van der Waals surface area contributed by atoms with Gasteiger partial charge in [0.15, 0.2) is 10.6 Å². The van der Waals surface area contributed by atoms with Crippen molar-refractivity contribution in [2.75, 3.05) is 14.2 Å². The van der Waals surface area contributed by atoms with Crippen molar-refractivity contribution in [3.8, 4) is 17.1 Å². The van der Waals surface area contributed by atoms with Crippen LogP contribution >= 0.6 is 12.2 Å². The molecule has 0 aliphatic carbocycles. The molecular weight excluding hydrogens is 332 g/mol. The maximum absolute atomic E-state index is 5.55. The van der Waals surface area contributed by atoms with Crippen LogP contribution in [-0.4, -0.2) is 33.4 Å². The molecule has 1 heterocycles. The molecule has 0 fully saturated rings. The van der Waals surface area contributed by atoms with Crippen LogP contribution < -0.4 is 4.74 Å². The average Bonchev–Trinajstić information content (AvgIpc) is 2.91. The van der Waals surface area contributed by atoms with Gasteiger partial charge in [0.25, 0.3) is 0 Å². The van der Waals surface area contributed by atoms with Gasteiger partial charge in [0.2, 0.25) is 0 Å². The molecule has 0 aliphatic rings. The first-order valence-corrected chi connectivity index (χ1v) is 8.50. The molecule has 0 amide bonds. The summed E-state index contributed by atoms with van der Waals surface area (Å²) in [7, 11) is 5.69. The minimum Gasteiger partial charge on any atom is -0.497 e. The summed E-state index contributed by atoms with van der Waals surface area (Å²) in [6, 6.07) is 18.2. The van der Waals surface area contributed by atoms with Crippen LogP contribution in [0.1, 0.15) is 5.56 Å². The smallest absolute Gasteiger partial charge is 0.199 e. The maximum Gasteiger partial charge on any atom is 0.199 e. The Kier molecular flexibility index (Phi) is 5.31. The molecule has 25 heavy (non-hydrogen) atoms. The van der Waals surface area contributed by atoms with E-state index < -0.39 is 0 Å². The lowest BCUT2D eigenvalue weighted by molar-refractivity contribution is 0.244. The Morgan fingerprint density at radius 3 is 2.40 bits per heavy atom. The molecule has 0 saturated carbocycles. The zero-order valence-electron chi connectivity index (χ0n) is 14.7. The Morgan fingerprint density at radius 1 is 1.08 bits per heavy atom. The van der Waals surface area contributed by atoms with E-state index in [-0.39, 0.29) is 0 Å². The lowest BCUT2D eigenvalue weighted by Crippen LogP contribution is -2.22. The van der Waals surface area contributed by atoms with Gasteiger partial charge in [0, 0.05) is 19.2 Å². The summed E-state index contributed by atoms with van der Waals surface area (Å²) in [5, 5.41) is 4.70. The number of aromatic nitrogens is 3. The van der Waals surface area contributed by atoms with E-state index in [2.05, 4.69) is 24.1 Å². The van der Waals surface area contributed by atoms with Gasteiger partial charge in [-0.15, -0.1) is 0 Å². The quantitative estimate of drug-likeness (QED) is 0.632. The summed E-state index contributed by atoms with van der Waals surface area (Å²) < 4.78 is 9.72. The van der Waals surface area contributed by atoms with Crippen molar-refractivity contribution < 1.29 is 4.74 Å². The molecule has 0 bridgehead atoms. The van der Waals surface area contributed by atoms with Crippen molar-refractivity contribution in [3.63, 3.8) is 0 Å². The highest BCUT2D eigenvalue weighted by atomic mass is 32.1. The van der Waals surface area contributed by atoms with Gasteiger partial charge in [0.05, 0.1) is 13.8 Å². The van der Waals surface area contributed by atoms with Crippen LogP contribution in [0.5, 0.6) is 5.75 Å². The summed E-state index contributed by atoms with van der Waals surface area (Å²) in [6.07, 6.45) is 0. The predicted octanol–water partition coefficient (Wildman–Crippen LogP) is 3.72. The Morgan fingerprint density at radius 2 is 1.76 bits per heavy atom. The number of methoxy groups -OCH3 is 1. The molecule has 1 aromatic heterocycles. The number of hydrogen-bond donors (Lipinski definition) is 0. The second kappa shape index (κ2) is 7.63. The van der Waals surface area contributed by atoms with E-state index in [1.165, 1.54) is 5.56 Å². The largest absolute Gasteiger partial charge is 0.497 e. The fourth-order valence-electron chi connectivity index (χ4n) is 2.74. The molecule has 130 valence electrons. The highest BCUT2D eigenvalue weighted by Gasteiger charge is 2.11. The minimum atomic E-state index is 0.630. The Bertz CT molecular complexity index is 884. The zero-order chi connectivity index (χ0) is 17.8. The molecule has 0 atom stereocenters. The third-order valence-electron chi connectivity index (χ3n) is 4.06. The van der Waals surface area contributed by atoms with Gasteiger partial charge < -0.3 is 9.30 Å². The first-order chi connectivity index (χ1) is 12.1. The fraction of sp³-hybridized carbons (Fsp3) is 0.263. The topological polar surface area (TPSA) is 35.2 Å². The molecule has 0 unspecified atom stereocenters. The number of benzene rings is 2. The molecule has 0 radical (unpaired) electrons. The predicted molar refractivity (Wildman–Crippen MR) is 102 cm³/mol. The van der Waals surface area contributed by atoms with Crippen LogP contribution in [0.3, 0.4) is 0 Å². The van der Waals surface area contributed by atoms with Crippen molar-refractivity contribution in [1.29, 1.82) is 0 Å². The van der Waals surface area contributed by atoms with Crippen LogP contribution in [0.15, 0.2) is 54.6 Å². The van der Waals surface area contributed by atoms with Gasteiger partial charge in [-0.1, -0.05) is 42.5 Å². The van der Waals surface area contributed by atoms with Crippen LogP contribution in [0, 0.1) is 4.77 Å². The van der Waals surface area contributed by atoms with Crippen LogP contribution in [-0.2, 0) is 20.3 Å². The van der Waals surface area contributed by atoms with Gasteiger partial charge >= 0.3 is 0 Å². The van der Waals surface area contributed by atoms with Gasteiger partial charge in [0.1, 0.15) is 5.75 Å². The van der Waals surface area contributed by atoms with Gasteiger partial charge in [-0.05, 0) is 37.0 Å². The Balaban J connectivity index is 1.75. The van der Waals surface area contributed by atoms with Crippen molar-refractivity contribution >= 4 is 12.2 Å². The highest BCUT2D eigenvalue weighted by Crippen LogP contribution is 2.17. The Labute approximate surface area is 153 Å². The normalized spacial score (nSPS) is 11.0. The summed E-state index contributed by atoms with van der Waals surface area (Å²) in [6.45, 7) is 1.44. The first kappa shape index (κ1) is 17.4. The maximum atomic E-state index is 5.55. The second-order valence-corrected chi connectivity index (χ2v) is 6.40. The van der Waals surface area contributed by atoms with Crippen LogP contribution in [0.4, 0.5) is 0 Å². The number of nitrogens with zero attached hydrogens (tertiary/aromatic N) is 4. The minimum absolute atomic E-state index is 0.630. The van der Waals surface area contributed by atoms with Gasteiger partial charge in [-0.2, -0.15) is 5.10 Å². The van der Waals surface area contributed by atoms with Crippen molar-refractivity contribution in [2.24, 2.45) is 7.05 Å². The first-order valence-electron chi connectivity index (χ1n) is 8.09. The summed E-state index contributed by atoms with van der Waals surface area (Å²) in [4.78, 5) is 2.18. The van der Waals surface area contributed by atoms with E-state index in [1.807, 2.05) is 58.8 Å². The SMILES string of the molecule is COc1ccc(CN(C)Cn2nc(-c3ccccc3)n(C)c2=S)cc1. The van der Waals surface area contributed by atoms with Crippen molar-refractivity contribution in [1.82, 2.24) is 19.2 Å². The third kappa shape index (κ3) is 3.97. The number of hydrogen-bond acceptors (Lipinski definition) is 4. The molecular formula is C19H22N4OS. The second-order valence-electron chi connectivity index (χ2n) is 6.03. The van der Waals surface area contributed by atoms with E-state index in [9.17, 15) is 0 Å². The lowest BCUT2D eigenvalue weighted by atomic mass is 10.2. The summed E-state index contributed by atoms with van der Waals surface area (Å²) in [5.41, 5.74) is 2.28. The van der Waals surface area contributed by atoms with Crippen molar-refractivity contribution in [3.05, 3.63) is 64.9 Å². The molecule has 3 aromatic rings. The van der Waals surface area contributed by atoms with E-state index in [4.69, 9.17) is 22.1 Å². The zero-order valence-corrected chi connectivity index (χ0v) is 15.5. The van der Waals surface area contributed by atoms with Crippen LogP contribution in [0.25, 0.3) is 11.4 Å². The lowest BCUT2D eigenvalue weighted by Gasteiger charge is -2.16. The van der Waals surface area contributed by atoms with E-state index >= 15 is 0 Å². The summed E-state index contributed by atoms with van der Waals surface area (Å²) in [5.74, 6) is 1.74.